The molecule has 2 aromatic heterocycles. The van der Waals surface area contributed by atoms with Crippen LogP contribution in [0.15, 0.2) is 24.3 Å². The van der Waals surface area contributed by atoms with Gasteiger partial charge in [0.1, 0.15) is 24.1 Å². The van der Waals surface area contributed by atoms with Crippen LogP contribution in [0, 0.1) is 18.7 Å². The predicted molar refractivity (Wildman–Crippen MR) is 130 cm³/mol. The summed E-state index contributed by atoms with van der Waals surface area (Å²) >= 11 is 0. The van der Waals surface area contributed by atoms with Crippen LogP contribution < -0.4 is 4.90 Å². The van der Waals surface area contributed by atoms with Crippen LogP contribution in [0.5, 0.6) is 0 Å². The van der Waals surface area contributed by atoms with Gasteiger partial charge in [-0.25, -0.2) is 19.0 Å². The molecule has 0 atom stereocenters. The number of nitrogens with zero attached hydrogens (tertiary/aromatic N) is 6. The number of fused-ring (bicyclic) bond motifs is 1. The highest BCUT2D eigenvalue weighted by molar-refractivity contribution is 5.91. The van der Waals surface area contributed by atoms with Gasteiger partial charge in [-0.1, -0.05) is 13.8 Å². The molecule has 3 heterocycles. The van der Waals surface area contributed by atoms with E-state index in [9.17, 15) is 9.18 Å². The minimum absolute atomic E-state index is 0.00937. The van der Waals surface area contributed by atoms with E-state index in [1.54, 1.807) is 23.9 Å². The van der Waals surface area contributed by atoms with Crippen LogP contribution in [0.2, 0.25) is 0 Å². The third-order valence-electron chi connectivity index (χ3n) is 6.16. The quantitative estimate of drug-likeness (QED) is 0.528. The number of hydrogen-bond donors (Lipinski definition) is 0. The van der Waals surface area contributed by atoms with Crippen molar-refractivity contribution in [1.29, 1.82) is 0 Å². The number of anilines is 1. The topological polar surface area (TPSA) is 76.4 Å². The zero-order chi connectivity index (χ0) is 24.2. The van der Waals surface area contributed by atoms with E-state index in [4.69, 9.17) is 19.8 Å². The van der Waals surface area contributed by atoms with Gasteiger partial charge < -0.3 is 14.5 Å². The van der Waals surface area contributed by atoms with E-state index in [1.807, 2.05) is 11.8 Å². The molecule has 0 N–H and O–H groups in total. The molecule has 4 rings (SSSR count). The number of halogens is 1. The van der Waals surface area contributed by atoms with Gasteiger partial charge in [-0.2, -0.15) is 5.10 Å². The molecule has 34 heavy (non-hydrogen) atoms. The number of carbonyl (C=O) groups excluding carboxylic acids is 1. The zero-order valence-electron chi connectivity index (χ0n) is 20.4. The lowest BCUT2D eigenvalue weighted by molar-refractivity contribution is -0.134. The van der Waals surface area contributed by atoms with E-state index >= 15 is 0 Å². The summed E-state index contributed by atoms with van der Waals surface area (Å²) in [5.74, 6) is 1.88. The van der Waals surface area contributed by atoms with Crippen molar-refractivity contribution in [2.24, 2.45) is 5.92 Å². The van der Waals surface area contributed by atoms with Crippen LogP contribution in [-0.4, -0.2) is 70.5 Å². The highest BCUT2D eigenvalue weighted by atomic mass is 19.1. The maximum atomic E-state index is 13.5. The first kappa shape index (κ1) is 24.1. The highest BCUT2D eigenvalue weighted by Crippen LogP contribution is 2.30. The fourth-order valence-corrected chi connectivity index (χ4v) is 4.32. The molecule has 1 aliphatic rings. The number of aryl methyl sites for hydroxylation is 2. The number of hydrogen-bond acceptors (Lipinski definition) is 6. The van der Waals surface area contributed by atoms with E-state index in [2.05, 4.69) is 18.7 Å². The number of amides is 1. The molecule has 8 nitrogen and oxygen atoms in total. The molecular weight excluding hydrogens is 435 g/mol. The van der Waals surface area contributed by atoms with Gasteiger partial charge in [0.25, 0.3) is 0 Å². The fourth-order valence-electron chi connectivity index (χ4n) is 4.32. The molecule has 182 valence electrons. The number of benzene rings is 1. The number of rotatable bonds is 7. The number of methoxy groups -OCH3 is 1. The van der Waals surface area contributed by atoms with Gasteiger partial charge in [0, 0.05) is 39.7 Å². The maximum Gasteiger partial charge on any atom is 0.248 e. The Morgan fingerprint density at radius 1 is 1.12 bits per heavy atom. The first-order chi connectivity index (χ1) is 16.4. The van der Waals surface area contributed by atoms with Gasteiger partial charge in [0.15, 0.2) is 5.65 Å². The molecule has 1 amide bonds. The van der Waals surface area contributed by atoms with Crippen LogP contribution in [0.25, 0.3) is 16.7 Å². The second kappa shape index (κ2) is 10.5. The zero-order valence-corrected chi connectivity index (χ0v) is 20.4. The van der Waals surface area contributed by atoms with Crippen molar-refractivity contribution in [3.63, 3.8) is 0 Å². The van der Waals surface area contributed by atoms with Crippen molar-refractivity contribution < 1.29 is 13.9 Å². The summed E-state index contributed by atoms with van der Waals surface area (Å²) in [5, 5.41) is 5.65. The van der Waals surface area contributed by atoms with Crippen molar-refractivity contribution in [2.75, 3.05) is 44.8 Å². The summed E-state index contributed by atoms with van der Waals surface area (Å²) in [5.41, 5.74) is 2.30. The van der Waals surface area contributed by atoms with E-state index in [0.717, 1.165) is 59.9 Å². The molecule has 0 radical (unpaired) electrons. The minimum atomic E-state index is -0.290. The van der Waals surface area contributed by atoms with E-state index in [-0.39, 0.29) is 18.3 Å². The maximum absolute atomic E-state index is 13.5. The van der Waals surface area contributed by atoms with Crippen molar-refractivity contribution >= 4 is 22.8 Å². The SMILES string of the molecule is COCC(=O)N1CCCN(c2nc(CCC(C)C)nc3c2c(C)nn3-c2ccc(F)cc2)CC1. The number of aromatic nitrogens is 4. The second-order valence-electron chi connectivity index (χ2n) is 9.22. The molecule has 0 spiro atoms. The molecule has 1 saturated heterocycles. The monoisotopic (exact) mass is 468 g/mol. The van der Waals surface area contributed by atoms with E-state index < -0.39 is 0 Å². The molecule has 0 bridgehead atoms. The Bertz CT molecular complexity index is 1140. The third kappa shape index (κ3) is 5.19. The first-order valence-electron chi connectivity index (χ1n) is 11.9. The molecule has 1 fully saturated rings. The molecule has 0 saturated carbocycles. The molecule has 1 aliphatic heterocycles. The van der Waals surface area contributed by atoms with Gasteiger partial charge >= 0.3 is 0 Å². The average molecular weight is 469 g/mol. The van der Waals surface area contributed by atoms with Crippen LogP contribution >= 0.6 is 0 Å². The Morgan fingerprint density at radius 3 is 2.59 bits per heavy atom. The number of ether oxygens (including phenoxy) is 1. The summed E-state index contributed by atoms with van der Waals surface area (Å²) < 4.78 is 20.4. The Morgan fingerprint density at radius 2 is 1.88 bits per heavy atom. The Hall–Kier alpha value is -3.07. The summed E-state index contributed by atoms with van der Waals surface area (Å²) in [6, 6.07) is 6.28. The van der Waals surface area contributed by atoms with Gasteiger partial charge in [-0.15, -0.1) is 0 Å². The van der Waals surface area contributed by atoms with Gasteiger partial charge in [0.2, 0.25) is 5.91 Å². The van der Waals surface area contributed by atoms with Gasteiger partial charge in [-0.05, 0) is 49.9 Å². The summed E-state index contributed by atoms with van der Waals surface area (Å²) in [7, 11) is 1.54. The average Bonchev–Trinajstić information content (AvgIpc) is 2.98. The van der Waals surface area contributed by atoms with Crippen LogP contribution in [0.3, 0.4) is 0 Å². The van der Waals surface area contributed by atoms with Gasteiger partial charge in [-0.3, -0.25) is 4.79 Å². The van der Waals surface area contributed by atoms with E-state index in [1.165, 1.54) is 12.1 Å². The minimum Gasteiger partial charge on any atom is -0.375 e. The van der Waals surface area contributed by atoms with Crippen LogP contribution in [0.1, 0.15) is 38.2 Å². The molecule has 0 unspecified atom stereocenters. The summed E-state index contributed by atoms with van der Waals surface area (Å²) in [6.07, 6.45) is 2.59. The molecule has 0 aliphatic carbocycles. The molecule has 1 aromatic carbocycles. The van der Waals surface area contributed by atoms with Crippen molar-refractivity contribution in [3.8, 4) is 5.69 Å². The summed E-state index contributed by atoms with van der Waals surface area (Å²) in [4.78, 5) is 26.4. The van der Waals surface area contributed by atoms with Crippen LogP contribution in [-0.2, 0) is 16.0 Å². The lowest BCUT2D eigenvalue weighted by Crippen LogP contribution is -2.37. The summed E-state index contributed by atoms with van der Waals surface area (Å²) in [6.45, 7) is 9.19. The smallest absolute Gasteiger partial charge is 0.248 e. The lowest BCUT2D eigenvalue weighted by atomic mass is 10.1. The largest absolute Gasteiger partial charge is 0.375 e. The van der Waals surface area contributed by atoms with Crippen molar-refractivity contribution in [2.45, 2.75) is 40.0 Å². The molecule has 9 heteroatoms. The van der Waals surface area contributed by atoms with E-state index in [0.29, 0.717) is 25.6 Å². The Kier molecular flexibility index (Phi) is 7.41. The van der Waals surface area contributed by atoms with Crippen molar-refractivity contribution in [3.05, 3.63) is 41.6 Å². The number of carbonyl (C=O) groups is 1. The second-order valence-corrected chi connectivity index (χ2v) is 9.22. The normalized spacial score (nSPS) is 14.8. The van der Waals surface area contributed by atoms with Crippen LogP contribution in [0.4, 0.5) is 10.2 Å². The molecular formula is C25H33FN6O2. The molecule has 3 aromatic rings. The third-order valence-corrected chi connectivity index (χ3v) is 6.16. The lowest BCUT2D eigenvalue weighted by Gasteiger charge is -2.24. The Labute approximate surface area is 199 Å². The fraction of sp³-hybridized carbons (Fsp3) is 0.520. The highest BCUT2D eigenvalue weighted by Gasteiger charge is 2.25. The first-order valence-corrected chi connectivity index (χ1v) is 11.9. The Balaban J connectivity index is 1.75. The standard InChI is InChI=1S/C25H33FN6O2/c1-17(2)6-11-21-27-24(31-13-5-12-30(14-15-31)22(33)16-34-4)23-18(3)29-32(25(23)28-21)20-9-7-19(26)8-10-20/h7-10,17H,5-6,11-16H2,1-4H3. The predicted octanol–water partition coefficient (Wildman–Crippen LogP) is 3.54. The van der Waals surface area contributed by atoms with Crippen molar-refractivity contribution in [1.82, 2.24) is 24.6 Å². The van der Waals surface area contributed by atoms with Gasteiger partial charge in [0.05, 0.1) is 16.8 Å².